The van der Waals surface area contributed by atoms with Gasteiger partial charge in [-0.1, -0.05) is 6.07 Å². The molecule has 2 heterocycles. The lowest BCUT2D eigenvalue weighted by Crippen LogP contribution is -2.24. The largest absolute Gasteiger partial charge is 0.474 e. The topological polar surface area (TPSA) is 79.9 Å². The van der Waals surface area contributed by atoms with E-state index in [2.05, 4.69) is 20.5 Å². The van der Waals surface area contributed by atoms with Crippen LogP contribution in [-0.2, 0) is 19.4 Å². The summed E-state index contributed by atoms with van der Waals surface area (Å²) < 4.78 is 5.86. The van der Waals surface area contributed by atoms with Gasteiger partial charge in [0.1, 0.15) is 6.10 Å². The lowest BCUT2D eigenvalue weighted by atomic mass is 9.96. The standard InChI is InChI=1S/C19H24N4O2/c24-19(18-15-7-3-4-8-16(15)22-23-18)21-12-13-9-10-17(20-11-13)25-14-5-1-2-6-14/h9-11,14H,1-8,12H2,(H,21,24)(H,22,23). The van der Waals surface area contributed by atoms with Gasteiger partial charge in [0, 0.05) is 30.1 Å². The number of carbonyl (C=O) groups is 1. The van der Waals surface area contributed by atoms with Crippen molar-refractivity contribution in [2.75, 3.05) is 0 Å². The van der Waals surface area contributed by atoms with Crippen molar-refractivity contribution in [3.05, 3.63) is 40.8 Å². The molecule has 6 nitrogen and oxygen atoms in total. The minimum absolute atomic E-state index is 0.120. The Morgan fingerprint density at radius 2 is 2.04 bits per heavy atom. The quantitative estimate of drug-likeness (QED) is 0.877. The molecule has 2 aromatic rings. The molecule has 0 saturated heterocycles. The zero-order valence-electron chi connectivity index (χ0n) is 14.4. The highest BCUT2D eigenvalue weighted by Gasteiger charge is 2.21. The average molecular weight is 340 g/mol. The second-order valence-electron chi connectivity index (χ2n) is 6.95. The molecule has 6 heteroatoms. The summed E-state index contributed by atoms with van der Waals surface area (Å²) in [5.74, 6) is 0.550. The fraction of sp³-hybridized carbons (Fsp3) is 0.526. The molecule has 0 bridgehead atoms. The Morgan fingerprint density at radius 3 is 2.84 bits per heavy atom. The van der Waals surface area contributed by atoms with Gasteiger partial charge in [0.25, 0.3) is 5.91 Å². The van der Waals surface area contributed by atoms with Gasteiger partial charge in [0.2, 0.25) is 5.88 Å². The predicted octanol–water partition coefficient (Wildman–Crippen LogP) is 2.93. The molecule has 1 amide bonds. The number of nitrogens with zero attached hydrogens (tertiary/aromatic N) is 2. The first-order valence-electron chi connectivity index (χ1n) is 9.25. The van der Waals surface area contributed by atoms with E-state index in [-0.39, 0.29) is 5.91 Å². The van der Waals surface area contributed by atoms with Crippen molar-refractivity contribution >= 4 is 5.91 Å². The molecule has 0 unspecified atom stereocenters. The molecule has 0 atom stereocenters. The van der Waals surface area contributed by atoms with Crippen LogP contribution in [-0.4, -0.2) is 27.2 Å². The Labute approximate surface area is 147 Å². The monoisotopic (exact) mass is 340 g/mol. The Kier molecular flexibility index (Phi) is 4.68. The Balaban J connectivity index is 1.33. The van der Waals surface area contributed by atoms with Gasteiger partial charge in [-0.25, -0.2) is 4.98 Å². The molecule has 132 valence electrons. The number of amides is 1. The van der Waals surface area contributed by atoms with Crippen molar-refractivity contribution in [1.82, 2.24) is 20.5 Å². The summed E-state index contributed by atoms with van der Waals surface area (Å²) in [6.45, 7) is 0.442. The molecule has 1 fully saturated rings. The van der Waals surface area contributed by atoms with Crippen LogP contribution in [0.5, 0.6) is 5.88 Å². The summed E-state index contributed by atoms with van der Waals surface area (Å²) in [5.41, 5.74) is 3.70. The van der Waals surface area contributed by atoms with Gasteiger partial charge >= 0.3 is 0 Å². The smallest absolute Gasteiger partial charge is 0.272 e. The highest BCUT2D eigenvalue weighted by molar-refractivity contribution is 5.94. The van der Waals surface area contributed by atoms with Gasteiger partial charge < -0.3 is 10.1 Å². The highest BCUT2D eigenvalue weighted by atomic mass is 16.5. The molecule has 0 spiro atoms. The highest BCUT2D eigenvalue weighted by Crippen LogP contribution is 2.23. The van der Waals surface area contributed by atoms with Crippen molar-refractivity contribution in [3.8, 4) is 5.88 Å². The molecular weight excluding hydrogens is 316 g/mol. The van der Waals surface area contributed by atoms with Crippen LogP contribution in [0.1, 0.15) is 65.8 Å². The number of aromatic amines is 1. The third kappa shape index (κ3) is 3.67. The van der Waals surface area contributed by atoms with E-state index >= 15 is 0 Å². The zero-order valence-corrected chi connectivity index (χ0v) is 14.4. The number of hydrogen-bond donors (Lipinski definition) is 2. The van der Waals surface area contributed by atoms with E-state index in [0.717, 1.165) is 55.3 Å². The van der Waals surface area contributed by atoms with Crippen molar-refractivity contribution in [3.63, 3.8) is 0 Å². The van der Waals surface area contributed by atoms with E-state index in [9.17, 15) is 4.79 Å². The number of ether oxygens (including phenoxy) is 1. The summed E-state index contributed by atoms with van der Waals surface area (Å²) >= 11 is 0. The summed E-state index contributed by atoms with van der Waals surface area (Å²) in [7, 11) is 0. The molecule has 0 aliphatic heterocycles. The number of pyridine rings is 1. The third-order valence-corrected chi connectivity index (χ3v) is 5.11. The normalized spacial score (nSPS) is 17.3. The Morgan fingerprint density at radius 1 is 1.20 bits per heavy atom. The number of hydrogen-bond acceptors (Lipinski definition) is 4. The van der Waals surface area contributed by atoms with Crippen LogP contribution in [0.4, 0.5) is 0 Å². The first-order valence-corrected chi connectivity index (χ1v) is 9.25. The summed E-state index contributed by atoms with van der Waals surface area (Å²) in [4.78, 5) is 16.8. The molecule has 25 heavy (non-hydrogen) atoms. The van der Waals surface area contributed by atoms with Crippen molar-refractivity contribution in [2.45, 2.75) is 64.0 Å². The molecule has 2 aromatic heterocycles. The van der Waals surface area contributed by atoms with E-state index < -0.39 is 0 Å². The SMILES string of the molecule is O=C(NCc1ccc(OC2CCCC2)nc1)c1n[nH]c2c1CCCC2. The van der Waals surface area contributed by atoms with E-state index in [0.29, 0.717) is 24.2 Å². The Hall–Kier alpha value is -2.37. The molecule has 2 aliphatic rings. The number of rotatable bonds is 5. The van der Waals surface area contributed by atoms with Gasteiger partial charge in [-0.05, 0) is 56.9 Å². The van der Waals surface area contributed by atoms with E-state index in [1.165, 1.54) is 12.8 Å². The fourth-order valence-corrected chi connectivity index (χ4v) is 3.70. The number of aryl methyl sites for hydroxylation is 1. The van der Waals surface area contributed by atoms with Crippen LogP contribution in [0.25, 0.3) is 0 Å². The van der Waals surface area contributed by atoms with Crippen LogP contribution < -0.4 is 10.1 Å². The van der Waals surface area contributed by atoms with Crippen molar-refractivity contribution in [1.29, 1.82) is 0 Å². The predicted molar refractivity (Wildman–Crippen MR) is 93.5 cm³/mol. The first-order chi connectivity index (χ1) is 12.3. The molecule has 1 saturated carbocycles. The fourth-order valence-electron chi connectivity index (χ4n) is 3.70. The van der Waals surface area contributed by atoms with E-state index in [1.54, 1.807) is 6.20 Å². The maximum atomic E-state index is 12.4. The van der Waals surface area contributed by atoms with Gasteiger partial charge in [0.15, 0.2) is 5.69 Å². The van der Waals surface area contributed by atoms with Crippen LogP contribution >= 0.6 is 0 Å². The van der Waals surface area contributed by atoms with Crippen molar-refractivity contribution < 1.29 is 9.53 Å². The molecule has 0 aromatic carbocycles. The van der Waals surface area contributed by atoms with Gasteiger partial charge in [0.05, 0.1) is 0 Å². The number of H-pyrrole nitrogens is 1. The number of carbonyl (C=O) groups excluding carboxylic acids is 1. The summed E-state index contributed by atoms with van der Waals surface area (Å²) in [6.07, 6.45) is 11.0. The second-order valence-corrected chi connectivity index (χ2v) is 6.95. The molecule has 2 N–H and O–H groups in total. The second kappa shape index (κ2) is 7.25. The maximum Gasteiger partial charge on any atom is 0.272 e. The first kappa shape index (κ1) is 16.1. The molecule has 4 rings (SSSR count). The number of aromatic nitrogens is 3. The maximum absolute atomic E-state index is 12.4. The van der Waals surface area contributed by atoms with E-state index in [4.69, 9.17) is 4.74 Å². The van der Waals surface area contributed by atoms with E-state index in [1.807, 2.05) is 12.1 Å². The lowest BCUT2D eigenvalue weighted by molar-refractivity contribution is 0.0945. The van der Waals surface area contributed by atoms with Gasteiger partial charge in [-0.3, -0.25) is 9.89 Å². The molecule has 2 aliphatic carbocycles. The Bertz CT molecular complexity index is 732. The minimum atomic E-state index is -0.120. The minimum Gasteiger partial charge on any atom is -0.474 e. The lowest BCUT2D eigenvalue weighted by Gasteiger charge is -2.12. The van der Waals surface area contributed by atoms with Gasteiger partial charge in [-0.15, -0.1) is 0 Å². The molecule has 0 radical (unpaired) electrons. The zero-order chi connectivity index (χ0) is 17.1. The number of fused-ring (bicyclic) bond motifs is 1. The van der Waals surface area contributed by atoms with Crippen molar-refractivity contribution in [2.24, 2.45) is 0 Å². The van der Waals surface area contributed by atoms with Gasteiger partial charge in [-0.2, -0.15) is 5.10 Å². The third-order valence-electron chi connectivity index (χ3n) is 5.11. The summed E-state index contributed by atoms with van der Waals surface area (Å²) in [6, 6.07) is 3.84. The average Bonchev–Trinajstić information content (AvgIpc) is 3.30. The molecular formula is C19H24N4O2. The number of nitrogens with one attached hydrogen (secondary N) is 2. The van der Waals surface area contributed by atoms with Crippen LogP contribution in [0.3, 0.4) is 0 Å². The van der Waals surface area contributed by atoms with Crippen LogP contribution in [0, 0.1) is 0 Å². The summed E-state index contributed by atoms with van der Waals surface area (Å²) in [5, 5.41) is 10.2. The van der Waals surface area contributed by atoms with Crippen LogP contribution in [0.2, 0.25) is 0 Å². The van der Waals surface area contributed by atoms with Crippen LogP contribution in [0.15, 0.2) is 18.3 Å².